The zero-order chi connectivity index (χ0) is 71.4. The van der Waals surface area contributed by atoms with E-state index in [2.05, 4.69) is 41.5 Å². The first kappa shape index (κ1) is 95.1. The molecule has 576 valence electrons. The molecule has 0 saturated carbocycles. The highest BCUT2D eigenvalue weighted by molar-refractivity contribution is 7.47. The molecular weight excluding hydrogens is 1270 g/mol. The topological polar surface area (TPSA) is 237 Å². The van der Waals surface area contributed by atoms with Crippen LogP contribution in [0, 0.1) is 11.8 Å². The minimum absolute atomic E-state index is 0.106. The molecule has 0 spiro atoms. The third-order valence-electron chi connectivity index (χ3n) is 18.9. The van der Waals surface area contributed by atoms with Gasteiger partial charge < -0.3 is 33.8 Å². The van der Waals surface area contributed by atoms with Gasteiger partial charge in [-0.1, -0.05) is 356 Å². The van der Waals surface area contributed by atoms with Crippen LogP contribution >= 0.6 is 15.6 Å². The number of aliphatic hydroxyl groups excluding tert-OH is 1. The molecule has 0 aliphatic rings. The van der Waals surface area contributed by atoms with Crippen molar-refractivity contribution in [2.45, 2.75) is 426 Å². The largest absolute Gasteiger partial charge is 0.472 e. The van der Waals surface area contributed by atoms with Gasteiger partial charge >= 0.3 is 39.5 Å². The van der Waals surface area contributed by atoms with E-state index in [4.69, 9.17) is 37.0 Å². The molecule has 4 unspecified atom stereocenters. The molecule has 97 heavy (non-hydrogen) atoms. The summed E-state index contributed by atoms with van der Waals surface area (Å²) in [5.41, 5.74) is 0. The van der Waals surface area contributed by atoms with Gasteiger partial charge in [0.1, 0.15) is 19.3 Å². The highest BCUT2D eigenvalue weighted by Crippen LogP contribution is 2.45. The molecule has 0 heterocycles. The predicted molar refractivity (Wildman–Crippen MR) is 395 cm³/mol. The van der Waals surface area contributed by atoms with Crippen molar-refractivity contribution in [1.29, 1.82) is 0 Å². The van der Waals surface area contributed by atoms with Crippen LogP contribution in [0.5, 0.6) is 0 Å². The summed E-state index contributed by atoms with van der Waals surface area (Å²) >= 11 is 0. The number of ether oxygens (including phenoxy) is 4. The lowest BCUT2D eigenvalue weighted by Gasteiger charge is -2.21. The Morgan fingerprint density at radius 1 is 0.289 bits per heavy atom. The molecule has 0 aromatic heterocycles. The molecule has 0 fully saturated rings. The molecule has 0 aromatic rings. The van der Waals surface area contributed by atoms with Crippen molar-refractivity contribution >= 4 is 39.5 Å². The molecule has 0 bridgehead atoms. The van der Waals surface area contributed by atoms with Crippen molar-refractivity contribution in [2.75, 3.05) is 39.6 Å². The fourth-order valence-corrected chi connectivity index (χ4v) is 13.5. The molecule has 0 aliphatic carbocycles. The van der Waals surface area contributed by atoms with Crippen molar-refractivity contribution in [3.8, 4) is 0 Å². The van der Waals surface area contributed by atoms with Gasteiger partial charge in [-0.25, -0.2) is 9.13 Å². The number of carbonyl (C=O) groups excluding carboxylic acids is 4. The van der Waals surface area contributed by atoms with Crippen molar-refractivity contribution in [1.82, 2.24) is 0 Å². The second-order valence-electron chi connectivity index (χ2n) is 28.6. The first-order valence-electron chi connectivity index (χ1n) is 40.6. The van der Waals surface area contributed by atoms with Gasteiger partial charge in [-0.2, -0.15) is 0 Å². The average molecular weight is 1420 g/mol. The Balaban J connectivity index is 5.19. The minimum Gasteiger partial charge on any atom is -0.462 e. The summed E-state index contributed by atoms with van der Waals surface area (Å²) in [5.74, 6) is -0.511. The van der Waals surface area contributed by atoms with Crippen molar-refractivity contribution < 1.29 is 80.2 Å². The SMILES string of the molecule is CCCCCCCCCCCCCCCCC(=O)OC[C@H](COP(=O)(O)OC[C@@H](O)COP(=O)(O)OC[C@@H](COC(=O)CCCCCCCCC(C)CC)OC(=O)CCCCCCCCCCCCC)OC(=O)CCCCCCCCCCCCCCCCCCCCC(C)CC. The number of phosphoric acid groups is 2. The summed E-state index contributed by atoms with van der Waals surface area (Å²) in [4.78, 5) is 72.8. The smallest absolute Gasteiger partial charge is 0.462 e. The van der Waals surface area contributed by atoms with Crippen LogP contribution in [0.2, 0.25) is 0 Å². The zero-order valence-corrected chi connectivity index (χ0v) is 65.2. The van der Waals surface area contributed by atoms with Gasteiger partial charge in [-0.3, -0.25) is 37.3 Å². The van der Waals surface area contributed by atoms with Crippen LogP contribution in [0.3, 0.4) is 0 Å². The van der Waals surface area contributed by atoms with Crippen LogP contribution in [0.1, 0.15) is 408 Å². The third kappa shape index (κ3) is 69.5. The Labute approximate surface area is 594 Å². The molecule has 0 saturated heterocycles. The predicted octanol–water partition coefficient (Wildman–Crippen LogP) is 23.1. The lowest BCUT2D eigenvalue weighted by molar-refractivity contribution is -0.161. The first-order valence-corrected chi connectivity index (χ1v) is 43.6. The standard InChI is InChI=1S/C78H152O17P2/c1-7-11-13-15-17-19-21-22-30-34-37-41-48-54-60-75(80)88-66-73(94-78(83)63-57-51-43-39-35-31-28-26-24-23-25-27-29-33-36-40-46-52-58-70(5)9-3)68-92-96(84,85)90-64-72(79)65-91-97(86,87)93-69-74(67-89-76(81)61-55-49-45-44-47-53-59-71(6)10-4)95-77(82)62-56-50-42-38-32-20-18-16-14-12-8-2/h70-74,79H,7-69H2,1-6H3,(H,84,85)(H,86,87)/t70?,71?,72-,73-,74-/m1/s1. The van der Waals surface area contributed by atoms with Gasteiger partial charge in [-0.05, 0) is 37.5 Å². The van der Waals surface area contributed by atoms with E-state index in [1.54, 1.807) is 0 Å². The Morgan fingerprint density at radius 3 is 0.732 bits per heavy atom. The highest BCUT2D eigenvalue weighted by atomic mass is 31.2. The molecular formula is C78H152O17P2. The lowest BCUT2D eigenvalue weighted by Crippen LogP contribution is -2.30. The molecule has 7 atom stereocenters. The van der Waals surface area contributed by atoms with Crippen LogP contribution < -0.4 is 0 Å². The Kier molecular flexibility index (Phi) is 68.4. The Morgan fingerprint density at radius 2 is 0.495 bits per heavy atom. The molecule has 17 nitrogen and oxygen atoms in total. The van der Waals surface area contributed by atoms with E-state index in [0.29, 0.717) is 25.7 Å². The summed E-state index contributed by atoms with van der Waals surface area (Å²) in [7, 11) is -9.91. The number of rotatable bonds is 77. The maximum atomic E-state index is 13.1. The number of phosphoric ester groups is 2. The number of hydrogen-bond donors (Lipinski definition) is 3. The van der Waals surface area contributed by atoms with Gasteiger partial charge in [0.05, 0.1) is 26.4 Å². The maximum Gasteiger partial charge on any atom is 0.472 e. The van der Waals surface area contributed by atoms with Crippen LogP contribution in [0.15, 0.2) is 0 Å². The summed E-state index contributed by atoms with van der Waals surface area (Å²) < 4.78 is 68.5. The number of unbranched alkanes of at least 4 members (excludes halogenated alkanes) is 45. The minimum atomic E-state index is -4.96. The van der Waals surface area contributed by atoms with E-state index in [1.165, 1.54) is 218 Å². The fourth-order valence-electron chi connectivity index (χ4n) is 11.9. The Hall–Kier alpha value is -1.94. The number of carbonyl (C=O) groups is 4. The third-order valence-corrected chi connectivity index (χ3v) is 20.8. The molecule has 0 amide bonds. The maximum absolute atomic E-state index is 13.1. The van der Waals surface area contributed by atoms with Crippen LogP contribution in [-0.2, 0) is 65.4 Å². The zero-order valence-electron chi connectivity index (χ0n) is 63.4. The van der Waals surface area contributed by atoms with Crippen molar-refractivity contribution in [3.63, 3.8) is 0 Å². The summed E-state index contributed by atoms with van der Waals surface area (Å²) in [6, 6.07) is 0. The molecule has 19 heteroatoms. The van der Waals surface area contributed by atoms with E-state index in [1.807, 2.05) is 0 Å². The van der Waals surface area contributed by atoms with Crippen LogP contribution in [0.4, 0.5) is 0 Å². The van der Waals surface area contributed by atoms with E-state index < -0.39 is 97.5 Å². The normalized spacial score (nSPS) is 14.5. The number of aliphatic hydroxyl groups is 1. The van der Waals surface area contributed by atoms with Gasteiger partial charge in [0, 0.05) is 25.7 Å². The summed E-state index contributed by atoms with van der Waals surface area (Å²) in [6.07, 6.45) is 58.3. The first-order chi connectivity index (χ1) is 46.9. The molecule has 0 rings (SSSR count). The second kappa shape index (κ2) is 69.8. The number of hydrogen-bond acceptors (Lipinski definition) is 15. The van der Waals surface area contributed by atoms with Gasteiger partial charge in [0.15, 0.2) is 12.2 Å². The van der Waals surface area contributed by atoms with Crippen LogP contribution in [-0.4, -0.2) is 96.7 Å². The van der Waals surface area contributed by atoms with Crippen LogP contribution in [0.25, 0.3) is 0 Å². The molecule has 0 radical (unpaired) electrons. The van der Waals surface area contributed by atoms with E-state index in [-0.39, 0.29) is 25.7 Å². The summed E-state index contributed by atoms with van der Waals surface area (Å²) in [5, 5.41) is 10.6. The molecule has 0 aliphatic heterocycles. The molecule has 0 aromatic carbocycles. The van der Waals surface area contributed by atoms with E-state index in [9.17, 15) is 43.2 Å². The van der Waals surface area contributed by atoms with Gasteiger partial charge in [0.2, 0.25) is 0 Å². The number of esters is 4. The van der Waals surface area contributed by atoms with Gasteiger partial charge in [0.25, 0.3) is 0 Å². The Bertz CT molecular complexity index is 1880. The fraction of sp³-hybridized carbons (Fsp3) is 0.949. The highest BCUT2D eigenvalue weighted by Gasteiger charge is 2.30. The van der Waals surface area contributed by atoms with E-state index in [0.717, 1.165) is 108 Å². The van der Waals surface area contributed by atoms with Gasteiger partial charge in [-0.15, -0.1) is 0 Å². The monoisotopic (exact) mass is 1420 g/mol. The van der Waals surface area contributed by atoms with E-state index >= 15 is 0 Å². The second-order valence-corrected chi connectivity index (χ2v) is 31.5. The average Bonchev–Trinajstić information content (AvgIpc) is 1.07. The molecule has 3 N–H and O–H groups in total. The quantitative estimate of drug-likeness (QED) is 0.0222. The lowest BCUT2D eigenvalue weighted by atomic mass is 9.99. The van der Waals surface area contributed by atoms with Crippen molar-refractivity contribution in [2.24, 2.45) is 11.8 Å². The summed E-state index contributed by atoms with van der Waals surface area (Å²) in [6.45, 7) is 9.63. The van der Waals surface area contributed by atoms with Crippen molar-refractivity contribution in [3.05, 3.63) is 0 Å².